The first kappa shape index (κ1) is 15.5. The molecule has 20 heavy (non-hydrogen) atoms. The second-order valence-corrected chi connectivity index (χ2v) is 6.68. The monoisotopic (exact) mass is 279 g/mol. The van der Waals surface area contributed by atoms with Crippen LogP contribution in [0, 0.1) is 17.3 Å². The van der Waals surface area contributed by atoms with Crippen LogP contribution in [-0.4, -0.2) is 21.4 Å². The van der Waals surface area contributed by atoms with E-state index in [4.69, 9.17) is 5.73 Å². The molecule has 0 saturated heterocycles. The summed E-state index contributed by atoms with van der Waals surface area (Å²) < 4.78 is 1.86. The fourth-order valence-corrected chi connectivity index (χ4v) is 3.52. The topological polar surface area (TPSA) is 64.1 Å². The summed E-state index contributed by atoms with van der Waals surface area (Å²) >= 11 is 0. The molecule has 1 saturated carbocycles. The Morgan fingerprint density at radius 2 is 2.10 bits per heavy atom. The van der Waals surface area contributed by atoms with Crippen molar-refractivity contribution in [2.45, 2.75) is 59.1 Å². The van der Waals surface area contributed by atoms with E-state index in [2.05, 4.69) is 25.9 Å². The van der Waals surface area contributed by atoms with E-state index in [1.165, 1.54) is 12.8 Å². The number of aromatic nitrogens is 2. The third-order valence-electron chi connectivity index (χ3n) is 5.25. The van der Waals surface area contributed by atoms with Crippen molar-refractivity contribution < 1.29 is 5.11 Å². The number of aryl methyl sites for hydroxylation is 1. The van der Waals surface area contributed by atoms with Crippen molar-refractivity contribution in [1.29, 1.82) is 0 Å². The quantitative estimate of drug-likeness (QED) is 0.871. The first-order chi connectivity index (χ1) is 9.52. The predicted octanol–water partition coefficient (Wildman–Crippen LogP) is 2.73. The van der Waals surface area contributed by atoms with Crippen LogP contribution in [0.5, 0.6) is 0 Å². The second kappa shape index (κ2) is 6.27. The van der Waals surface area contributed by atoms with Crippen molar-refractivity contribution in [3.05, 3.63) is 18.0 Å². The number of hydrogen-bond donors (Lipinski definition) is 2. The molecule has 3 N–H and O–H groups in total. The highest BCUT2D eigenvalue weighted by atomic mass is 16.3. The molecule has 1 aromatic heterocycles. The Balaban J connectivity index is 2.11. The third kappa shape index (κ3) is 2.91. The summed E-state index contributed by atoms with van der Waals surface area (Å²) in [4.78, 5) is 0. The van der Waals surface area contributed by atoms with E-state index in [1.807, 2.05) is 10.9 Å². The molecule has 0 radical (unpaired) electrons. The highest BCUT2D eigenvalue weighted by molar-refractivity contribution is 5.13. The van der Waals surface area contributed by atoms with E-state index >= 15 is 0 Å². The molecule has 2 rings (SSSR count). The maximum absolute atomic E-state index is 10.8. The zero-order valence-corrected chi connectivity index (χ0v) is 13.0. The molecule has 114 valence electrons. The fourth-order valence-electron chi connectivity index (χ4n) is 3.52. The summed E-state index contributed by atoms with van der Waals surface area (Å²) in [5.74, 6) is 1.51. The van der Waals surface area contributed by atoms with Gasteiger partial charge in [0.15, 0.2) is 0 Å². The molecule has 1 fully saturated rings. The van der Waals surface area contributed by atoms with Gasteiger partial charge in [0.25, 0.3) is 0 Å². The lowest BCUT2D eigenvalue weighted by Crippen LogP contribution is -2.40. The maximum atomic E-state index is 10.8. The van der Waals surface area contributed by atoms with E-state index < -0.39 is 6.10 Å². The highest BCUT2D eigenvalue weighted by Gasteiger charge is 2.41. The lowest BCUT2D eigenvalue weighted by Gasteiger charge is -2.43. The van der Waals surface area contributed by atoms with Crippen molar-refractivity contribution >= 4 is 0 Å². The molecule has 0 aromatic carbocycles. The van der Waals surface area contributed by atoms with E-state index in [0.717, 1.165) is 36.8 Å². The average Bonchev–Trinajstić information content (AvgIpc) is 2.95. The van der Waals surface area contributed by atoms with Crippen LogP contribution in [0.25, 0.3) is 0 Å². The van der Waals surface area contributed by atoms with Gasteiger partial charge in [0.05, 0.1) is 12.3 Å². The van der Waals surface area contributed by atoms with Gasteiger partial charge in [0.2, 0.25) is 0 Å². The lowest BCUT2D eigenvalue weighted by molar-refractivity contribution is -0.0149. The van der Waals surface area contributed by atoms with Gasteiger partial charge >= 0.3 is 0 Å². The molecule has 1 aromatic rings. The minimum Gasteiger partial charge on any atom is -0.388 e. The van der Waals surface area contributed by atoms with Crippen molar-refractivity contribution in [2.75, 3.05) is 6.54 Å². The van der Waals surface area contributed by atoms with Crippen molar-refractivity contribution in [3.8, 4) is 0 Å². The number of aliphatic hydroxyl groups is 1. The van der Waals surface area contributed by atoms with E-state index in [0.29, 0.717) is 6.54 Å². The van der Waals surface area contributed by atoms with Crippen LogP contribution in [0.3, 0.4) is 0 Å². The first-order valence-electron chi connectivity index (χ1n) is 7.93. The van der Waals surface area contributed by atoms with Crippen LogP contribution in [0.1, 0.15) is 58.1 Å². The van der Waals surface area contributed by atoms with Gasteiger partial charge in [-0.15, -0.1) is 0 Å². The summed E-state index contributed by atoms with van der Waals surface area (Å²) in [6.45, 7) is 8.02. The Bertz CT molecular complexity index is 419. The first-order valence-corrected chi connectivity index (χ1v) is 7.93. The number of rotatable bonds is 5. The Morgan fingerprint density at radius 3 is 2.55 bits per heavy atom. The largest absolute Gasteiger partial charge is 0.388 e. The molecule has 4 nitrogen and oxygen atoms in total. The summed E-state index contributed by atoms with van der Waals surface area (Å²) in [5.41, 5.74) is 6.81. The summed E-state index contributed by atoms with van der Waals surface area (Å²) in [6, 6.07) is 0. The lowest BCUT2D eigenvalue weighted by atomic mass is 9.64. The molecule has 0 aliphatic heterocycles. The standard InChI is InChI=1S/C16H29N3O/c1-4-19-10-14(9-18-19)15(20)16(11-17)7-5-13(6-8-16)12(2)3/h9-10,12-13,15,20H,4-8,11,17H2,1-3H3. The zero-order chi connectivity index (χ0) is 14.8. The Labute approximate surface area is 122 Å². The van der Waals surface area contributed by atoms with Gasteiger partial charge in [-0.05, 0) is 44.4 Å². The molecule has 1 unspecified atom stereocenters. The normalized spacial score (nSPS) is 28.8. The molecule has 4 heteroatoms. The number of hydrogen-bond acceptors (Lipinski definition) is 3. The minimum absolute atomic E-state index is 0.160. The molecule has 0 amide bonds. The summed E-state index contributed by atoms with van der Waals surface area (Å²) in [5, 5.41) is 15.1. The van der Waals surface area contributed by atoms with Gasteiger partial charge in [-0.25, -0.2) is 0 Å². The second-order valence-electron chi connectivity index (χ2n) is 6.68. The molecular weight excluding hydrogens is 250 g/mol. The number of nitrogens with zero attached hydrogens (tertiary/aromatic N) is 2. The van der Waals surface area contributed by atoms with Gasteiger partial charge in [-0.1, -0.05) is 13.8 Å². The zero-order valence-electron chi connectivity index (χ0n) is 13.0. The van der Waals surface area contributed by atoms with Crippen molar-refractivity contribution in [2.24, 2.45) is 23.0 Å². The van der Waals surface area contributed by atoms with Crippen LogP contribution in [0.15, 0.2) is 12.4 Å². The average molecular weight is 279 g/mol. The highest BCUT2D eigenvalue weighted by Crippen LogP contribution is 2.48. The molecule has 0 spiro atoms. The van der Waals surface area contributed by atoms with Crippen molar-refractivity contribution in [1.82, 2.24) is 9.78 Å². The van der Waals surface area contributed by atoms with Gasteiger partial charge in [-0.2, -0.15) is 5.10 Å². The molecule has 1 aliphatic rings. The third-order valence-corrected chi connectivity index (χ3v) is 5.25. The van der Waals surface area contributed by atoms with Gasteiger partial charge < -0.3 is 10.8 Å². The predicted molar refractivity (Wildman–Crippen MR) is 81.1 cm³/mol. The number of aliphatic hydroxyl groups excluding tert-OH is 1. The fraction of sp³-hybridized carbons (Fsp3) is 0.812. The molecule has 0 bridgehead atoms. The summed E-state index contributed by atoms with van der Waals surface area (Å²) in [7, 11) is 0. The van der Waals surface area contributed by atoms with Crippen LogP contribution in [-0.2, 0) is 6.54 Å². The Kier molecular flexibility index (Phi) is 4.86. The molecular formula is C16H29N3O. The van der Waals surface area contributed by atoms with E-state index in [9.17, 15) is 5.11 Å². The van der Waals surface area contributed by atoms with Gasteiger partial charge in [-0.3, -0.25) is 4.68 Å². The van der Waals surface area contributed by atoms with E-state index in [1.54, 1.807) is 6.20 Å². The molecule has 1 aliphatic carbocycles. The smallest absolute Gasteiger partial charge is 0.0888 e. The van der Waals surface area contributed by atoms with E-state index in [-0.39, 0.29) is 5.41 Å². The van der Waals surface area contributed by atoms with Crippen LogP contribution >= 0.6 is 0 Å². The van der Waals surface area contributed by atoms with Crippen LogP contribution in [0.2, 0.25) is 0 Å². The Hall–Kier alpha value is -0.870. The van der Waals surface area contributed by atoms with Gasteiger partial charge in [0, 0.05) is 30.3 Å². The SMILES string of the molecule is CCn1cc(C(O)C2(CN)CCC(C(C)C)CC2)cn1. The molecule has 1 heterocycles. The van der Waals surface area contributed by atoms with Crippen molar-refractivity contribution in [3.63, 3.8) is 0 Å². The van der Waals surface area contributed by atoms with Crippen LogP contribution < -0.4 is 5.73 Å². The number of nitrogens with two attached hydrogens (primary N) is 1. The Morgan fingerprint density at radius 1 is 1.45 bits per heavy atom. The summed E-state index contributed by atoms with van der Waals surface area (Å²) in [6.07, 6.45) is 7.65. The van der Waals surface area contributed by atoms with Gasteiger partial charge in [0.1, 0.15) is 0 Å². The van der Waals surface area contributed by atoms with Crippen LogP contribution in [0.4, 0.5) is 0 Å². The molecule has 1 atom stereocenters. The minimum atomic E-state index is -0.485. The maximum Gasteiger partial charge on any atom is 0.0888 e.